The molecule has 0 unspecified atom stereocenters. The van der Waals surface area contributed by atoms with E-state index < -0.39 is 11.9 Å². The van der Waals surface area contributed by atoms with Gasteiger partial charge in [-0.25, -0.2) is 4.39 Å². The molecule has 2 amide bonds. The van der Waals surface area contributed by atoms with E-state index in [0.29, 0.717) is 41.9 Å². The van der Waals surface area contributed by atoms with E-state index >= 15 is 0 Å². The Morgan fingerprint density at radius 1 is 1.26 bits per heavy atom. The summed E-state index contributed by atoms with van der Waals surface area (Å²) in [7, 11) is 0. The number of halogens is 3. The summed E-state index contributed by atoms with van der Waals surface area (Å²) in [5.74, 6) is -0.113. The Hall–Kier alpha value is -2.23. The zero-order chi connectivity index (χ0) is 29.1. The predicted molar refractivity (Wildman–Crippen MR) is 155 cm³/mol. The number of carbonyl (C=O) groups is 2. The predicted octanol–water partition coefficient (Wildman–Crippen LogP) is 5.13. The minimum Gasteiger partial charge on any atom is -0.394 e. The van der Waals surface area contributed by atoms with E-state index in [4.69, 9.17) is 33.4 Å². The third-order valence-corrected chi connectivity index (χ3v) is 5.56. The van der Waals surface area contributed by atoms with E-state index in [0.717, 1.165) is 25.1 Å². The van der Waals surface area contributed by atoms with E-state index in [-0.39, 0.29) is 23.5 Å². The number of carbonyl (C=O) groups excluding carboxylic acids is 2. The molecule has 2 rings (SSSR count). The Kier molecular flexibility index (Phi) is 18.6. The maximum Gasteiger partial charge on any atom is 0.211 e. The van der Waals surface area contributed by atoms with Gasteiger partial charge in [-0.1, -0.05) is 75.7 Å². The first-order valence-corrected chi connectivity index (χ1v) is 13.1. The van der Waals surface area contributed by atoms with Gasteiger partial charge in [-0.15, -0.1) is 0 Å². The molecule has 0 aliphatic carbocycles. The van der Waals surface area contributed by atoms with Gasteiger partial charge in [0.1, 0.15) is 5.82 Å². The van der Waals surface area contributed by atoms with Crippen LogP contribution in [0.4, 0.5) is 10.1 Å². The molecule has 1 fully saturated rings. The van der Waals surface area contributed by atoms with E-state index in [1.165, 1.54) is 12.1 Å². The van der Waals surface area contributed by atoms with E-state index in [2.05, 4.69) is 50.2 Å². The molecule has 0 radical (unpaired) electrons. The molecule has 1 aromatic rings. The van der Waals surface area contributed by atoms with Crippen molar-refractivity contribution in [2.75, 3.05) is 31.6 Å². The summed E-state index contributed by atoms with van der Waals surface area (Å²) in [6.07, 6.45) is 8.87. The average molecular weight is 575 g/mol. The summed E-state index contributed by atoms with van der Waals surface area (Å²) in [5.41, 5.74) is 1.81. The van der Waals surface area contributed by atoms with Crippen molar-refractivity contribution >= 4 is 41.7 Å². The zero-order valence-corrected chi connectivity index (χ0v) is 24.2. The smallest absolute Gasteiger partial charge is 0.211 e. The van der Waals surface area contributed by atoms with Gasteiger partial charge < -0.3 is 26.2 Å². The van der Waals surface area contributed by atoms with Gasteiger partial charge >= 0.3 is 0 Å². The number of nitrogens with one attached hydrogen (secondary N) is 3. The monoisotopic (exact) mass is 573 g/mol. The number of amides is 2. The summed E-state index contributed by atoms with van der Waals surface area (Å²) in [4.78, 5) is 20.4. The van der Waals surface area contributed by atoms with Gasteiger partial charge in [0.05, 0.1) is 17.7 Å². The Balaban J connectivity index is 0.000000808. The Morgan fingerprint density at radius 2 is 1.92 bits per heavy atom. The third kappa shape index (κ3) is 16.6. The normalized spacial score (nSPS) is 18.0. The minimum atomic E-state index is -0.711. The van der Waals surface area contributed by atoms with Crippen molar-refractivity contribution in [2.24, 2.45) is 11.3 Å². The number of rotatable bonds is 12. The van der Waals surface area contributed by atoms with Gasteiger partial charge in [-0.3, -0.25) is 9.59 Å². The van der Waals surface area contributed by atoms with Crippen molar-refractivity contribution in [2.45, 2.75) is 52.6 Å². The molecule has 38 heavy (non-hydrogen) atoms. The van der Waals surface area contributed by atoms with Crippen molar-refractivity contribution in [1.82, 2.24) is 10.6 Å². The maximum absolute atomic E-state index is 13.9. The lowest BCUT2D eigenvalue weighted by Crippen LogP contribution is -2.21. The van der Waals surface area contributed by atoms with Crippen LogP contribution in [-0.4, -0.2) is 55.4 Å². The topological polar surface area (TPSA) is 111 Å². The summed E-state index contributed by atoms with van der Waals surface area (Å²) in [5, 5.41) is 25.8. The molecule has 1 saturated heterocycles. The summed E-state index contributed by atoms with van der Waals surface area (Å²) in [6.45, 7) is 14.0. The number of benzene rings is 1. The Morgan fingerprint density at radius 3 is 2.47 bits per heavy atom. The highest BCUT2D eigenvalue weighted by molar-refractivity contribution is 6.31. The van der Waals surface area contributed by atoms with Crippen LogP contribution in [-0.2, 0) is 9.59 Å². The first-order valence-electron chi connectivity index (χ1n) is 12.4. The molecule has 7 nitrogen and oxygen atoms in total. The molecule has 10 heteroatoms. The lowest BCUT2D eigenvalue weighted by atomic mass is 9.85. The van der Waals surface area contributed by atoms with Crippen LogP contribution in [0, 0.1) is 17.2 Å². The number of aliphatic hydroxyl groups excluding tert-OH is 2. The lowest BCUT2D eigenvalue weighted by Gasteiger charge is -2.21. The number of aliphatic hydroxyl groups is 2. The minimum absolute atomic E-state index is 0.00490. The van der Waals surface area contributed by atoms with Crippen molar-refractivity contribution < 1.29 is 24.2 Å². The molecular formula is C28H42Cl2FN3O4. The highest BCUT2D eigenvalue weighted by Crippen LogP contribution is 2.37. The molecule has 5 N–H and O–H groups in total. The van der Waals surface area contributed by atoms with Crippen LogP contribution in [0.5, 0.6) is 0 Å². The SMILES string of the molecule is C=C/C(Cl)=C\C=C/C[C@H]1CNC[C@H]1c1cc(F)c(Cl)cc1NC=O.CC(C)(C)C.O=CNCC[C@@H](O)CO. The molecular weight excluding hydrogens is 532 g/mol. The quantitative estimate of drug-likeness (QED) is 0.135. The van der Waals surface area contributed by atoms with Crippen LogP contribution in [0.3, 0.4) is 0 Å². The first-order chi connectivity index (χ1) is 17.9. The van der Waals surface area contributed by atoms with Crippen LogP contribution in [0.25, 0.3) is 0 Å². The second-order valence-corrected chi connectivity index (χ2v) is 11.1. The second kappa shape index (κ2) is 19.8. The van der Waals surface area contributed by atoms with Gasteiger partial charge in [0.2, 0.25) is 12.8 Å². The van der Waals surface area contributed by atoms with E-state index in [1.54, 1.807) is 12.2 Å². The Labute approximate surface area is 236 Å². The third-order valence-electron chi connectivity index (χ3n) is 4.99. The van der Waals surface area contributed by atoms with Crippen molar-refractivity contribution in [3.63, 3.8) is 0 Å². The van der Waals surface area contributed by atoms with Crippen LogP contribution in [0.2, 0.25) is 5.02 Å². The molecule has 1 heterocycles. The largest absolute Gasteiger partial charge is 0.394 e. The Bertz CT molecular complexity index is 914. The summed E-state index contributed by atoms with van der Waals surface area (Å²) >= 11 is 11.7. The highest BCUT2D eigenvalue weighted by atomic mass is 35.5. The van der Waals surface area contributed by atoms with Gasteiger partial charge in [-0.05, 0) is 54.5 Å². The van der Waals surface area contributed by atoms with Gasteiger partial charge in [0.25, 0.3) is 0 Å². The van der Waals surface area contributed by atoms with Crippen molar-refractivity contribution in [1.29, 1.82) is 0 Å². The molecule has 0 bridgehead atoms. The van der Waals surface area contributed by atoms with Crippen LogP contribution < -0.4 is 16.0 Å². The second-order valence-electron chi connectivity index (χ2n) is 10.3. The molecule has 214 valence electrons. The molecule has 0 aromatic heterocycles. The first kappa shape index (κ1) is 35.8. The van der Waals surface area contributed by atoms with Crippen molar-refractivity contribution in [3.8, 4) is 0 Å². The standard InChI is InChI=1S/C18H19Cl2FN2O.C5H11NO3.C5H12/c1-2-13(19)6-4-3-5-12-9-22-10-15(12)14-7-17(21)16(20)8-18(14)23-11-24;7-3-5(9)1-2-6-4-8;1-5(2,3)4/h2-4,6-8,11-12,15,22H,1,5,9-10H2,(H,23,24);4-5,7,9H,1-3H2,(H,6,8);1-4H3/b4-3-,13-6+;;/t12-,15+;5-;/m01./s1. The van der Waals surface area contributed by atoms with Crippen LogP contribution in [0.1, 0.15) is 52.0 Å². The fraction of sp³-hybridized carbons (Fsp3) is 0.500. The number of allylic oxidation sites excluding steroid dienone is 5. The molecule has 1 aromatic carbocycles. The van der Waals surface area contributed by atoms with E-state index in [9.17, 15) is 14.0 Å². The fourth-order valence-electron chi connectivity index (χ4n) is 3.28. The molecule has 1 aliphatic heterocycles. The van der Waals surface area contributed by atoms with Gasteiger partial charge in [0.15, 0.2) is 0 Å². The van der Waals surface area contributed by atoms with Crippen molar-refractivity contribution in [3.05, 3.63) is 64.5 Å². The zero-order valence-electron chi connectivity index (χ0n) is 22.6. The van der Waals surface area contributed by atoms with Crippen LogP contribution >= 0.6 is 23.2 Å². The number of hydrogen-bond acceptors (Lipinski definition) is 5. The fourth-order valence-corrected chi connectivity index (χ4v) is 3.52. The van der Waals surface area contributed by atoms with Gasteiger partial charge in [-0.2, -0.15) is 0 Å². The number of hydrogen-bond donors (Lipinski definition) is 5. The average Bonchev–Trinajstić information content (AvgIpc) is 3.31. The molecule has 0 saturated carbocycles. The number of anilines is 1. The maximum atomic E-state index is 13.9. The molecule has 3 atom stereocenters. The molecule has 1 aliphatic rings. The lowest BCUT2D eigenvalue weighted by molar-refractivity contribution is -0.109. The van der Waals surface area contributed by atoms with E-state index in [1.807, 2.05) is 12.2 Å². The van der Waals surface area contributed by atoms with Gasteiger partial charge in [0, 0.05) is 29.7 Å². The molecule has 0 spiro atoms. The van der Waals surface area contributed by atoms with Crippen LogP contribution in [0.15, 0.2) is 48.0 Å². The summed E-state index contributed by atoms with van der Waals surface area (Å²) < 4.78 is 13.9. The summed E-state index contributed by atoms with van der Waals surface area (Å²) in [6, 6.07) is 2.87. The highest BCUT2D eigenvalue weighted by Gasteiger charge is 2.30.